The number of benzene rings is 2. The second-order valence-electron chi connectivity index (χ2n) is 6.42. The molecule has 0 fully saturated rings. The average Bonchev–Trinajstić information content (AvgIpc) is 2.65. The highest BCUT2D eigenvalue weighted by molar-refractivity contribution is 7.99. The van der Waals surface area contributed by atoms with Gasteiger partial charge in [0.05, 0.1) is 5.69 Å². The smallest absolute Gasteiger partial charge is 0.225 e. The quantitative estimate of drug-likeness (QED) is 0.474. The van der Waals surface area contributed by atoms with E-state index in [0.717, 1.165) is 38.9 Å². The number of aryl methyl sites for hydroxylation is 3. The number of thioether (sulfide) groups is 1. The SMILES string of the molecule is Cc1nc(SCCC(=O)Nc2c(C)cccc2C)cc(-c2ccccc2)n1. The van der Waals surface area contributed by atoms with Crippen molar-refractivity contribution in [1.29, 1.82) is 0 Å². The molecule has 0 saturated carbocycles. The van der Waals surface area contributed by atoms with E-state index >= 15 is 0 Å². The van der Waals surface area contributed by atoms with Crippen molar-refractivity contribution in [2.24, 2.45) is 0 Å². The van der Waals surface area contributed by atoms with Crippen LogP contribution in [-0.2, 0) is 4.79 Å². The topological polar surface area (TPSA) is 54.9 Å². The van der Waals surface area contributed by atoms with E-state index in [0.29, 0.717) is 12.2 Å². The van der Waals surface area contributed by atoms with Gasteiger partial charge in [-0.1, -0.05) is 48.5 Å². The molecule has 2 aromatic carbocycles. The normalized spacial score (nSPS) is 10.6. The number of carbonyl (C=O) groups excluding carboxylic acids is 1. The van der Waals surface area contributed by atoms with E-state index in [9.17, 15) is 4.79 Å². The number of rotatable bonds is 6. The van der Waals surface area contributed by atoms with Crippen molar-refractivity contribution in [3.05, 3.63) is 71.5 Å². The summed E-state index contributed by atoms with van der Waals surface area (Å²) in [4.78, 5) is 21.3. The molecule has 0 unspecified atom stereocenters. The zero-order chi connectivity index (χ0) is 19.2. The summed E-state index contributed by atoms with van der Waals surface area (Å²) in [6.45, 7) is 5.91. The molecule has 0 aliphatic carbocycles. The van der Waals surface area contributed by atoms with Gasteiger partial charge in [-0.25, -0.2) is 9.97 Å². The minimum atomic E-state index is 0.0222. The lowest BCUT2D eigenvalue weighted by Crippen LogP contribution is -2.14. The lowest BCUT2D eigenvalue weighted by atomic mass is 10.1. The first kappa shape index (κ1) is 19.1. The lowest BCUT2D eigenvalue weighted by Gasteiger charge is -2.11. The molecule has 0 atom stereocenters. The molecular weight excluding hydrogens is 354 g/mol. The van der Waals surface area contributed by atoms with Gasteiger partial charge >= 0.3 is 0 Å². The van der Waals surface area contributed by atoms with Gasteiger partial charge in [-0.15, -0.1) is 11.8 Å². The van der Waals surface area contributed by atoms with Crippen molar-refractivity contribution < 1.29 is 4.79 Å². The van der Waals surface area contributed by atoms with Crippen LogP contribution in [0.2, 0.25) is 0 Å². The number of hydrogen-bond acceptors (Lipinski definition) is 4. The molecule has 3 aromatic rings. The van der Waals surface area contributed by atoms with Crippen LogP contribution in [0.5, 0.6) is 0 Å². The first-order valence-electron chi connectivity index (χ1n) is 8.93. The molecule has 1 N–H and O–H groups in total. The van der Waals surface area contributed by atoms with E-state index in [2.05, 4.69) is 15.3 Å². The third-order valence-electron chi connectivity index (χ3n) is 4.21. The van der Waals surface area contributed by atoms with Crippen LogP contribution >= 0.6 is 11.8 Å². The molecule has 0 aliphatic rings. The van der Waals surface area contributed by atoms with Crippen LogP contribution in [0.1, 0.15) is 23.4 Å². The third kappa shape index (κ3) is 5.17. The fraction of sp³-hybridized carbons (Fsp3) is 0.227. The Morgan fingerprint density at radius 2 is 1.67 bits per heavy atom. The molecule has 0 saturated heterocycles. The molecule has 5 heteroatoms. The van der Waals surface area contributed by atoms with Gasteiger partial charge in [-0.3, -0.25) is 4.79 Å². The Kier molecular flexibility index (Phi) is 6.24. The largest absolute Gasteiger partial charge is 0.326 e. The van der Waals surface area contributed by atoms with E-state index in [4.69, 9.17) is 0 Å². The number of amides is 1. The number of carbonyl (C=O) groups is 1. The average molecular weight is 378 g/mol. The Balaban J connectivity index is 1.60. The summed E-state index contributed by atoms with van der Waals surface area (Å²) < 4.78 is 0. The molecule has 4 nitrogen and oxygen atoms in total. The summed E-state index contributed by atoms with van der Waals surface area (Å²) in [6.07, 6.45) is 0.433. The molecule has 0 radical (unpaired) electrons. The summed E-state index contributed by atoms with van der Waals surface area (Å²) in [6, 6.07) is 18.0. The highest BCUT2D eigenvalue weighted by atomic mass is 32.2. The second-order valence-corrected chi connectivity index (χ2v) is 7.53. The number of anilines is 1. The molecule has 0 aliphatic heterocycles. The monoisotopic (exact) mass is 377 g/mol. The first-order valence-corrected chi connectivity index (χ1v) is 9.91. The number of aromatic nitrogens is 2. The maximum absolute atomic E-state index is 12.3. The fourth-order valence-electron chi connectivity index (χ4n) is 2.83. The maximum Gasteiger partial charge on any atom is 0.225 e. The Hall–Kier alpha value is -2.66. The summed E-state index contributed by atoms with van der Waals surface area (Å²) in [5.41, 5.74) is 5.05. The van der Waals surface area contributed by atoms with Gasteiger partial charge in [-0.05, 0) is 38.0 Å². The third-order valence-corrected chi connectivity index (χ3v) is 5.12. The van der Waals surface area contributed by atoms with Gasteiger partial charge in [0.2, 0.25) is 5.91 Å². The summed E-state index contributed by atoms with van der Waals surface area (Å²) in [5, 5.41) is 3.92. The van der Waals surface area contributed by atoms with Crippen molar-refractivity contribution in [2.75, 3.05) is 11.1 Å². The molecule has 1 aromatic heterocycles. The molecule has 3 rings (SSSR count). The predicted molar refractivity (Wildman–Crippen MR) is 112 cm³/mol. The lowest BCUT2D eigenvalue weighted by molar-refractivity contribution is -0.115. The number of nitrogens with one attached hydrogen (secondary N) is 1. The molecule has 0 bridgehead atoms. The van der Waals surface area contributed by atoms with Crippen LogP contribution in [0.4, 0.5) is 5.69 Å². The van der Waals surface area contributed by atoms with E-state index in [1.54, 1.807) is 11.8 Å². The summed E-state index contributed by atoms with van der Waals surface area (Å²) in [5.74, 6) is 1.43. The van der Waals surface area contributed by atoms with Crippen molar-refractivity contribution >= 4 is 23.4 Å². The Morgan fingerprint density at radius 1 is 0.963 bits per heavy atom. The molecule has 1 amide bonds. The second kappa shape index (κ2) is 8.82. The van der Waals surface area contributed by atoms with E-state index < -0.39 is 0 Å². The highest BCUT2D eigenvalue weighted by Crippen LogP contribution is 2.24. The van der Waals surface area contributed by atoms with Crippen LogP contribution in [0, 0.1) is 20.8 Å². The molecule has 138 valence electrons. The van der Waals surface area contributed by atoms with Gasteiger partial charge in [-0.2, -0.15) is 0 Å². The van der Waals surface area contributed by atoms with Gasteiger partial charge in [0.1, 0.15) is 10.9 Å². The summed E-state index contributed by atoms with van der Waals surface area (Å²) >= 11 is 1.58. The molecule has 0 spiro atoms. The van der Waals surface area contributed by atoms with Crippen LogP contribution in [0.15, 0.2) is 59.6 Å². The van der Waals surface area contributed by atoms with E-state index in [1.165, 1.54) is 0 Å². The van der Waals surface area contributed by atoms with Crippen LogP contribution in [-0.4, -0.2) is 21.6 Å². The minimum absolute atomic E-state index is 0.0222. The van der Waals surface area contributed by atoms with Crippen LogP contribution in [0.25, 0.3) is 11.3 Å². The first-order chi connectivity index (χ1) is 13.0. The maximum atomic E-state index is 12.3. The number of hydrogen-bond donors (Lipinski definition) is 1. The standard InChI is InChI=1S/C22H23N3OS/c1-15-8-7-9-16(2)22(15)25-20(26)12-13-27-21-14-19(23-17(3)24-21)18-10-5-4-6-11-18/h4-11,14H,12-13H2,1-3H3,(H,25,26). The van der Waals surface area contributed by atoms with E-state index in [-0.39, 0.29) is 5.91 Å². The predicted octanol–water partition coefficient (Wildman–Crippen LogP) is 5.19. The van der Waals surface area contributed by atoms with Crippen molar-refractivity contribution in [3.63, 3.8) is 0 Å². The van der Waals surface area contributed by atoms with Crippen molar-refractivity contribution in [1.82, 2.24) is 9.97 Å². The number of para-hydroxylation sites is 1. The van der Waals surface area contributed by atoms with Gasteiger partial charge < -0.3 is 5.32 Å². The molecule has 1 heterocycles. The van der Waals surface area contributed by atoms with Gasteiger partial charge in [0, 0.05) is 23.4 Å². The van der Waals surface area contributed by atoms with Crippen molar-refractivity contribution in [3.8, 4) is 11.3 Å². The minimum Gasteiger partial charge on any atom is -0.326 e. The Morgan fingerprint density at radius 3 is 2.37 bits per heavy atom. The van der Waals surface area contributed by atoms with E-state index in [1.807, 2.05) is 75.4 Å². The fourth-order valence-corrected chi connectivity index (χ4v) is 3.72. The van der Waals surface area contributed by atoms with Gasteiger partial charge in [0.15, 0.2) is 0 Å². The molecular formula is C22H23N3OS. The zero-order valence-electron chi connectivity index (χ0n) is 15.8. The van der Waals surface area contributed by atoms with Crippen molar-refractivity contribution in [2.45, 2.75) is 32.2 Å². The summed E-state index contributed by atoms with van der Waals surface area (Å²) in [7, 11) is 0. The molecule has 27 heavy (non-hydrogen) atoms. The Labute approximate surface area is 164 Å². The van der Waals surface area contributed by atoms with Crippen LogP contribution in [0.3, 0.4) is 0 Å². The number of nitrogens with zero attached hydrogens (tertiary/aromatic N) is 2. The highest BCUT2D eigenvalue weighted by Gasteiger charge is 2.09. The van der Waals surface area contributed by atoms with Gasteiger partial charge in [0.25, 0.3) is 0 Å². The van der Waals surface area contributed by atoms with Crippen LogP contribution < -0.4 is 5.32 Å². The zero-order valence-corrected chi connectivity index (χ0v) is 16.6. The Bertz CT molecular complexity index is 921.